The zero-order valence-electron chi connectivity index (χ0n) is 13.1. The Bertz CT molecular complexity index is 1120. The molecule has 1 aromatic heterocycles. The molecule has 0 radical (unpaired) electrons. The van der Waals surface area contributed by atoms with Gasteiger partial charge in [0.1, 0.15) is 12.0 Å². The predicted octanol–water partition coefficient (Wildman–Crippen LogP) is 5.98. The van der Waals surface area contributed by atoms with Crippen LogP contribution in [0.25, 0.3) is 22.4 Å². The highest BCUT2D eigenvalue weighted by Gasteiger charge is 2.29. The van der Waals surface area contributed by atoms with Crippen LogP contribution in [0, 0.1) is 0 Å². The molecule has 0 fully saturated rings. The van der Waals surface area contributed by atoms with E-state index in [1.165, 1.54) is 0 Å². The van der Waals surface area contributed by atoms with Crippen LogP contribution in [0.4, 0.5) is 5.69 Å². The SMILES string of the molecule is Clc1ccc([C@@H]2Nc3ccccc3-c3nc4ccccc4n32)c(Cl)c1. The third-order valence-electron chi connectivity index (χ3n) is 4.57. The zero-order chi connectivity index (χ0) is 17.0. The Hall–Kier alpha value is -2.49. The predicted molar refractivity (Wildman–Crippen MR) is 103 cm³/mol. The fourth-order valence-electron chi connectivity index (χ4n) is 3.45. The van der Waals surface area contributed by atoms with Gasteiger partial charge in [0.25, 0.3) is 0 Å². The van der Waals surface area contributed by atoms with Gasteiger partial charge in [-0.05, 0) is 36.4 Å². The second-order valence-corrected chi connectivity index (χ2v) is 6.90. The van der Waals surface area contributed by atoms with Crippen LogP contribution in [-0.4, -0.2) is 9.55 Å². The van der Waals surface area contributed by atoms with Crippen LogP contribution in [0.5, 0.6) is 0 Å². The van der Waals surface area contributed by atoms with Crippen molar-refractivity contribution >= 4 is 39.9 Å². The van der Waals surface area contributed by atoms with E-state index >= 15 is 0 Å². The Labute approximate surface area is 154 Å². The number of nitrogens with zero attached hydrogens (tertiary/aromatic N) is 2. The van der Waals surface area contributed by atoms with Crippen molar-refractivity contribution in [1.82, 2.24) is 9.55 Å². The lowest BCUT2D eigenvalue weighted by molar-refractivity contribution is 0.669. The molecule has 122 valence electrons. The van der Waals surface area contributed by atoms with Crippen LogP contribution >= 0.6 is 23.2 Å². The summed E-state index contributed by atoms with van der Waals surface area (Å²) in [6.45, 7) is 0. The number of para-hydroxylation sites is 3. The molecule has 0 spiro atoms. The third-order valence-corrected chi connectivity index (χ3v) is 5.13. The number of aromatic nitrogens is 2. The van der Waals surface area contributed by atoms with Gasteiger partial charge in [0, 0.05) is 26.9 Å². The van der Waals surface area contributed by atoms with Gasteiger partial charge in [0.15, 0.2) is 0 Å². The average molecular weight is 366 g/mol. The molecule has 4 aromatic rings. The number of anilines is 1. The van der Waals surface area contributed by atoms with Crippen LogP contribution in [-0.2, 0) is 0 Å². The molecule has 25 heavy (non-hydrogen) atoms. The number of halogens is 2. The Morgan fingerprint density at radius 1 is 0.920 bits per heavy atom. The normalized spacial score (nSPS) is 15.5. The summed E-state index contributed by atoms with van der Waals surface area (Å²) in [4.78, 5) is 4.87. The molecule has 5 rings (SSSR count). The molecule has 3 nitrogen and oxygen atoms in total. The summed E-state index contributed by atoms with van der Waals surface area (Å²) in [5.74, 6) is 0.937. The largest absolute Gasteiger partial charge is 0.360 e. The molecule has 1 N–H and O–H groups in total. The summed E-state index contributed by atoms with van der Waals surface area (Å²) in [6.07, 6.45) is -0.151. The van der Waals surface area contributed by atoms with Crippen LogP contribution < -0.4 is 5.32 Å². The highest BCUT2D eigenvalue weighted by molar-refractivity contribution is 6.35. The molecular weight excluding hydrogens is 353 g/mol. The maximum Gasteiger partial charge on any atom is 0.145 e. The standard InChI is InChI=1S/C20H13Cl2N3/c21-12-9-10-13(15(22)11-12)19-23-16-6-2-1-5-14(16)20-24-17-7-3-4-8-18(17)25(19)20/h1-11,19,23H/t19-/m1/s1. The number of fused-ring (bicyclic) bond motifs is 5. The number of rotatable bonds is 1. The van der Waals surface area contributed by atoms with Crippen molar-refractivity contribution < 1.29 is 0 Å². The number of nitrogens with one attached hydrogen (secondary N) is 1. The third kappa shape index (κ3) is 2.24. The first-order valence-electron chi connectivity index (χ1n) is 8.00. The lowest BCUT2D eigenvalue weighted by Gasteiger charge is -2.30. The molecule has 0 aliphatic carbocycles. The summed E-state index contributed by atoms with van der Waals surface area (Å²) < 4.78 is 2.20. The molecule has 0 saturated heterocycles. The molecule has 1 atom stereocenters. The fourth-order valence-corrected chi connectivity index (χ4v) is 3.96. The molecule has 0 unspecified atom stereocenters. The molecule has 1 aliphatic heterocycles. The van der Waals surface area contributed by atoms with Gasteiger partial charge in [-0.1, -0.05) is 53.5 Å². The maximum absolute atomic E-state index is 6.52. The van der Waals surface area contributed by atoms with E-state index in [1.807, 2.05) is 42.5 Å². The van der Waals surface area contributed by atoms with Crippen LogP contribution in [0.1, 0.15) is 11.7 Å². The minimum absolute atomic E-state index is 0.151. The molecule has 0 bridgehead atoms. The van der Waals surface area contributed by atoms with Gasteiger partial charge >= 0.3 is 0 Å². The second kappa shape index (κ2) is 5.51. The van der Waals surface area contributed by atoms with Gasteiger partial charge in [-0.25, -0.2) is 4.98 Å². The lowest BCUT2D eigenvalue weighted by Crippen LogP contribution is -2.25. The summed E-state index contributed by atoms with van der Waals surface area (Å²) in [6, 6.07) is 21.9. The molecule has 2 heterocycles. The first kappa shape index (κ1) is 14.8. The van der Waals surface area contributed by atoms with Gasteiger partial charge in [-0.3, -0.25) is 4.57 Å². The van der Waals surface area contributed by atoms with Gasteiger partial charge in [0.05, 0.1) is 11.0 Å². The molecule has 0 saturated carbocycles. The Morgan fingerprint density at radius 3 is 2.60 bits per heavy atom. The topological polar surface area (TPSA) is 29.9 Å². The molecular formula is C20H13Cl2N3. The van der Waals surface area contributed by atoms with Gasteiger partial charge < -0.3 is 5.32 Å². The Balaban J connectivity index is 1.83. The number of hydrogen-bond donors (Lipinski definition) is 1. The quantitative estimate of drug-likeness (QED) is 0.449. The van der Waals surface area contributed by atoms with Gasteiger partial charge in [-0.15, -0.1) is 0 Å². The van der Waals surface area contributed by atoms with E-state index in [2.05, 4.69) is 28.1 Å². The lowest BCUT2D eigenvalue weighted by atomic mass is 10.1. The zero-order valence-corrected chi connectivity index (χ0v) is 14.6. The van der Waals surface area contributed by atoms with E-state index < -0.39 is 0 Å². The van der Waals surface area contributed by atoms with E-state index in [1.54, 1.807) is 6.07 Å². The first-order valence-corrected chi connectivity index (χ1v) is 8.76. The smallest absolute Gasteiger partial charge is 0.145 e. The number of benzene rings is 3. The number of hydrogen-bond acceptors (Lipinski definition) is 2. The van der Waals surface area contributed by atoms with Crippen molar-refractivity contribution in [3.05, 3.63) is 82.3 Å². The summed E-state index contributed by atoms with van der Waals surface area (Å²) in [5.41, 5.74) is 5.12. The van der Waals surface area contributed by atoms with Crippen molar-refractivity contribution in [1.29, 1.82) is 0 Å². The van der Waals surface area contributed by atoms with E-state index in [-0.39, 0.29) is 6.17 Å². The van der Waals surface area contributed by atoms with Gasteiger partial charge in [-0.2, -0.15) is 0 Å². The number of imidazole rings is 1. The van der Waals surface area contributed by atoms with Crippen molar-refractivity contribution in [3.63, 3.8) is 0 Å². The van der Waals surface area contributed by atoms with Gasteiger partial charge in [0.2, 0.25) is 0 Å². The first-order chi connectivity index (χ1) is 12.2. The van der Waals surface area contributed by atoms with Crippen LogP contribution in [0.3, 0.4) is 0 Å². The van der Waals surface area contributed by atoms with Crippen LogP contribution in [0.2, 0.25) is 10.0 Å². The summed E-state index contributed by atoms with van der Waals surface area (Å²) in [5, 5.41) is 4.86. The Kier molecular flexibility index (Phi) is 3.27. The van der Waals surface area contributed by atoms with E-state index in [4.69, 9.17) is 28.2 Å². The van der Waals surface area contributed by atoms with E-state index in [0.29, 0.717) is 10.0 Å². The van der Waals surface area contributed by atoms with E-state index in [9.17, 15) is 0 Å². The molecule has 5 heteroatoms. The van der Waals surface area contributed by atoms with Crippen molar-refractivity contribution in [2.24, 2.45) is 0 Å². The fraction of sp³-hybridized carbons (Fsp3) is 0.0500. The molecule has 1 aliphatic rings. The summed E-state index contributed by atoms with van der Waals surface area (Å²) >= 11 is 12.6. The van der Waals surface area contributed by atoms with Crippen LogP contribution in [0.15, 0.2) is 66.7 Å². The Morgan fingerprint density at radius 2 is 1.72 bits per heavy atom. The minimum atomic E-state index is -0.151. The maximum atomic E-state index is 6.52. The second-order valence-electron chi connectivity index (χ2n) is 6.05. The molecule has 0 amide bonds. The highest BCUT2D eigenvalue weighted by atomic mass is 35.5. The minimum Gasteiger partial charge on any atom is -0.360 e. The molecule has 3 aromatic carbocycles. The van der Waals surface area contributed by atoms with E-state index in [0.717, 1.165) is 33.7 Å². The highest BCUT2D eigenvalue weighted by Crippen LogP contribution is 2.42. The monoisotopic (exact) mass is 365 g/mol. The van der Waals surface area contributed by atoms with Crippen molar-refractivity contribution in [2.75, 3.05) is 5.32 Å². The van der Waals surface area contributed by atoms with Crippen molar-refractivity contribution in [3.8, 4) is 11.4 Å². The average Bonchev–Trinajstić information content (AvgIpc) is 3.01. The van der Waals surface area contributed by atoms with Crippen molar-refractivity contribution in [2.45, 2.75) is 6.17 Å². The summed E-state index contributed by atoms with van der Waals surface area (Å²) in [7, 11) is 0.